The summed E-state index contributed by atoms with van der Waals surface area (Å²) in [5.74, 6) is 0.741. The van der Waals surface area contributed by atoms with Crippen molar-refractivity contribution in [3.8, 4) is 0 Å². The molecule has 1 heterocycles. The number of anilines is 2. The molecule has 1 aromatic heterocycles. The number of rotatable bonds is 8. The van der Waals surface area contributed by atoms with Gasteiger partial charge in [0.1, 0.15) is 5.82 Å². The van der Waals surface area contributed by atoms with Gasteiger partial charge in [-0.05, 0) is 36.0 Å². The lowest BCUT2D eigenvalue weighted by Gasteiger charge is -2.18. The smallest absolute Gasteiger partial charge is 0.333 e. The molecule has 0 amide bonds. The van der Waals surface area contributed by atoms with E-state index in [9.17, 15) is 18.6 Å². The van der Waals surface area contributed by atoms with Gasteiger partial charge in [-0.2, -0.15) is 13.4 Å². The summed E-state index contributed by atoms with van der Waals surface area (Å²) in [7, 11) is -4.09. The van der Waals surface area contributed by atoms with Gasteiger partial charge in [-0.15, -0.1) is 0 Å². The van der Waals surface area contributed by atoms with Crippen LogP contribution < -0.4 is 15.8 Å². The number of nitrogens with two attached hydrogens (primary N) is 1. The fourth-order valence-electron chi connectivity index (χ4n) is 4.72. The van der Waals surface area contributed by atoms with E-state index in [1.165, 1.54) is 11.1 Å². The quantitative estimate of drug-likeness (QED) is 0.386. The molecule has 10 nitrogen and oxygen atoms in total. The summed E-state index contributed by atoms with van der Waals surface area (Å²) in [6.07, 6.45) is 0.916. The van der Waals surface area contributed by atoms with Crippen LogP contribution in [0.5, 0.6) is 0 Å². The van der Waals surface area contributed by atoms with Gasteiger partial charge in [0.25, 0.3) is 0 Å². The number of hydrogen-bond acceptors (Lipinski definition) is 9. The van der Waals surface area contributed by atoms with Gasteiger partial charge in [0.2, 0.25) is 5.95 Å². The Balaban J connectivity index is 1.35. The van der Waals surface area contributed by atoms with E-state index >= 15 is 0 Å². The second-order valence-corrected chi connectivity index (χ2v) is 9.84. The number of aliphatic hydroxyl groups is 2. The molecule has 1 saturated carbocycles. The molecule has 6 N–H and O–H groups in total. The van der Waals surface area contributed by atoms with E-state index in [0.29, 0.717) is 30.6 Å². The van der Waals surface area contributed by atoms with E-state index in [0.717, 1.165) is 6.42 Å². The number of benzene rings is 1. The maximum Gasteiger partial charge on any atom is 0.333 e. The number of aliphatic hydroxyl groups excluding tert-OH is 2. The van der Waals surface area contributed by atoms with Crippen LogP contribution in [0.1, 0.15) is 42.9 Å². The second-order valence-electron chi connectivity index (χ2n) is 8.62. The Hall–Kier alpha value is -2.31. The van der Waals surface area contributed by atoms with Gasteiger partial charge >= 0.3 is 10.3 Å². The maximum absolute atomic E-state index is 11.0. The monoisotopic (exact) mass is 463 g/mol. The third-order valence-corrected chi connectivity index (χ3v) is 6.83. The highest BCUT2D eigenvalue weighted by atomic mass is 32.2. The van der Waals surface area contributed by atoms with E-state index in [1.54, 1.807) is 12.3 Å². The third kappa shape index (κ3) is 5.18. The average molecular weight is 464 g/mol. The van der Waals surface area contributed by atoms with Crippen LogP contribution in [0.25, 0.3) is 0 Å². The van der Waals surface area contributed by atoms with Crippen LogP contribution >= 0.6 is 0 Å². The predicted octanol–water partition coefficient (Wildman–Crippen LogP) is 1.13. The van der Waals surface area contributed by atoms with Crippen LogP contribution in [-0.4, -0.2) is 54.0 Å². The van der Waals surface area contributed by atoms with Crippen molar-refractivity contribution in [3.63, 3.8) is 0 Å². The molecular formula is C21H29N5O5S. The Kier molecular flexibility index (Phi) is 6.63. The fourth-order valence-corrected chi connectivity index (χ4v) is 5.08. The van der Waals surface area contributed by atoms with Crippen LogP contribution in [-0.2, 0) is 14.5 Å². The minimum atomic E-state index is -4.09. The molecule has 0 bridgehead atoms. The van der Waals surface area contributed by atoms with E-state index in [2.05, 4.69) is 49.9 Å². The minimum absolute atomic E-state index is 0.142. The highest BCUT2D eigenvalue weighted by Gasteiger charge is 2.41. The normalized spacial score (nSPS) is 29.6. The Morgan fingerprint density at radius 1 is 1.12 bits per heavy atom. The molecular weight excluding hydrogens is 434 g/mol. The molecule has 1 fully saturated rings. The molecule has 2 aliphatic rings. The number of nitrogens with one attached hydrogen (secondary N) is 2. The predicted molar refractivity (Wildman–Crippen MR) is 119 cm³/mol. The lowest BCUT2D eigenvalue weighted by atomic mass is 10.0. The topological polar surface area (TPSA) is 160 Å². The number of nitrogens with zero attached hydrogens (tertiary/aromatic N) is 2. The van der Waals surface area contributed by atoms with Gasteiger partial charge in [0.15, 0.2) is 0 Å². The Morgan fingerprint density at radius 2 is 1.84 bits per heavy atom. The van der Waals surface area contributed by atoms with Crippen LogP contribution in [0.15, 0.2) is 36.5 Å². The summed E-state index contributed by atoms with van der Waals surface area (Å²) in [5, 5.41) is 32.0. The molecule has 2 unspecified atom stereocenters. The first-order valence-electron chi connectivity index (χ1n) is 10.7. The SMILES string of the molecule is CC1CC(Nc2nccc(NC[C@@H]3C[C@H](COS(N)(=O)=O)[C@@H](O)[C@H]3O)n2)c2ccccc21. The Morgan fingerprint density at radius 3 is 2.59 bits per heavy atom. The summed E-state index contributed by atoms with van der Waals surface area (Å²) in [5.41, 5.74) is 2.60. The minimum Gasteiger partial charge on any atom is -0.390 e. The molecule has 32 heavy (non-hydrogen) atoms. The van der Waals surface area contributed by atoms with Gasteiger partial charge in [-0.3, -0.25) is 4.18 Å². The Labute approximate surface area is 187 Å². The molecule has 0 spiro atoms. The zero-order valence-corrected chi connectivity index (χ0v) is 18.6. The van der Waals surface area contributed by atoms with Crippen LogP contribution in [0.4, 0.5) is 11.8 Å². The summed E-state index contributed by atoms with van der Waals surface area (Å²) < 4.78 is 26.6. The van der Waals surface area contributed by atoms with Crippen molar-refractivity contribution in [1.82, 2.24) is 9.97 Å². The van der Waals surface area contributed by atoms with E-state index in [4.69, 9.17) is 5.14 Å². The van der Waals surface area contributed by atoms with Crippen molar-refractivity contribution < 1.29 is 22.8 Å². The summed E-state index contributed by atoms with van der Waals surface area (Å²) in [6.45, 7) is 2.29. The molecule has 11 heteroatoms. The maximum atomic E-state index is 11.0. The van der Waals surface area contributed by atoms with E-state index in [1.807, 2.05) is 6.07 Å². The molecule has 4 rings (SSSR count). The highest BCUT2D eigenvalue weighted by molar-refractivity contribution is 7.84. The highest BCUT2D eigenvalue weighted by Crippen LogP contribution is 2.41. The summed E-state index contributed by atoms with van der Waals surface area (Å²) >= 11 is 0. The fraction of sp³-hybridized carbons (Fsp3) is 0.524. The number of fused-ring (bicyclic) bond motifs is 1. The van der Waals surface area contributed by atoms with Crippen molar-refractivity contribution in [1.29, 1.82) is 0 Å². The first kappa shape index (κ1) is 22.9. The van der Waals surface area contributed by atoms with Gasteiger partial charge < -0.3 is 20.8 Å². The van der Waals surface area contributed by atoms with Crippen LogP contribution in [0, 0.1) is 11.8 Å². The van der Waals surface area contributed by atoms with Crippen molar-refractivity contribution in [2.24, 2.45) is 17.0 Å². The molecule has 0 saturated heterocycles. The Bertz CT molecular complexity index is 1050. The second kappa shape index (κ2) is 9.28. The zero-order valence-electron chi connectivity index (χ0n) is 17.8. The van der Waals surface area contributed by atoms with Gasteiger partial charge in [-0.1, -0.05) is 31.2 Å². The number of hydrogen-bond donors (Lipinski definition) is 5. The molecule has 0 aliphatic heterocycles. The van der Waals surface area contributed by atoms with Gasteiger partial charge in [0, 0.05) is 24.6 Å². The van der Waals surface area contributed by atoms with E-state index < -0.39 is 28.4 Å². The lowest BCUT2D eigenvalue weighted by Crippen LogP contribution is -2.32. The van der Waals surface area contributed by atoms with Crippen molar-refractivity contribution in [2.75, 3.05) is 23.8 Å². The third-order valence-electron chi connectivity index (χ3n) is 6.36. The van der Waals surface area contributed by atoms with Crippen molar-refractivity contribution in [2.45, 2.75) is 43.9 Å². The standard InChI is InChI=1S/C21H29N5O5S/c1-12-8-17(16-5-3-2-4-15(12)16)25-21-23-7-6-18(26-21)24-10-13-9-14(20(28)19(13)27)11-31-32(22,29)30/h2-7,12-14,17,19-20,27-28H,8-11H2,1H3,(H2,22,29,30)(H2,23,24,25,26)/t12?,13-,14+,17?,19-,20+/m0/s1. The molecule has 0 radical (unpaired) electrons. The lowest BCUT2D eigenvalue weighted by molar-refractivity contribution is -0.00162. The summed E-state index contributed by atoms with van der Waals surface area (Å²) in [6, 6.07) is 10.2. The van der Waals surface area contributed by atoms with Crippen molar-refractivity contribution >= 4 is 22.1 Å². The van der Waals surface area contributed by atoms with E-state index in [-0.39, 0.29) is 18.6 Å². The first-order valence-corrected chi connectivity index (χ1v) is 12.1. The first-order chi connectivity index (χ1) is 15.2. The van der Waals surface area contributed by atoms with Crippen LogP contribution in [0.3, 0.4) is 0 Å². The largest absolute Gasteiger partial charge is 0.390 e. The molecule has 6 atom stereocenters. The zero-order chi connectivity index (χ0) is 22.9. The molecule has 2 aliphatic carbocycles. The van der Waals surface area contributed by atoms with Gasteiger partial charge in [0.05, 0.1) is 24.9 Å². The van der Waals surface area contributed by atoms with Crippen molar-refractivity contribution in [3.05, 3.63) is 47.7 Å². The van der Waals surface area contributed by atoms with Crippen LogP contribution in [0.2, 0.25) is 0 Å². The summed E-state index contributed by atoms with van der Waals surface area (Å²) in [4.78, 5) is 8.86. The average Bonchev–Trinajstić information content (AvgIpc) is 3.21. The molecule has 174 valence electrons. The molecule has 1 aromatic carbocycles. The van der Waals surface area contributed by atoms with Gasteiger partial charge in [-0.25, -0.2) is 10.1 Å². The molecule has 2 aromatic rings. The number of aromatic nitrogens is 2.